The van der Waals surface area contributed by atoms with Crippen LogP contribution in [0.3, 0.4) is 0 Å². The second kappa shape index (κ2) is 9.32. The van der Waals surface area contributed by atoms with E-state index in [2.05, 4.69) is 5.32 Å². The number of carbonyl (C=O) groups excluding carboxylic acids is 3. The van der Waals surface area contributed by atoms with Gasteiger partial charge in [0.2, 0.25) is 5.91 Å². The highest BCUT2D eigenvalue weighted by Crippen LogP contribution is 2.44. The zero-order valence-corrected chi connectivity index (χ0v) is 20.2. The predicted octanol–water partition coefficient (Wildman–Crippen LogP) is 3.73. The third-order valence-electron chi connectivity index (χ3n) is 6.13. The van der Waals surface area contributed by atoms with Gasteiger partial charge in [0.1, 0.15) is 10.9 Å². The van der Waals surface area contributed by atoms with Gasteiger partial charge in [-0.25, -0.2) is 0 Å². The van der Waals surface area contributed by atoms with Crippen LogP contribution >= 0.6 is 24.0 Å². The summed E-state index contributed by atoms with van der Waals surface area (Å²) in [6, 6.07) is 14.7. The summed E-state index contributed by atoms with van der Waals surface area (Å²) in [6.45, 7) is 2.82. The van der Waals surface area contributed by atoms with Crippen molar-refractivity contribution in [2.75, 3.05) is 29.9 Å². The number of fused-ring (bicyclic) bond motifs is 1. The molecule has 3 aliphatic rings. The van der Waals surface area contributed by atoms with Crippen LogP contribution in [0.2, 0.25) is 0 Å². The van der Waals surface area contributed by atoms with Crippen molar-refractivity contribution in [2.45, 2.75) is 25.9 Å². The minimum Gasteiger partial charge on any atom is -0.376 e. The molecule has 3 amide bonds. The first-order valence-electron chi connectivity index (χ1n) is 11.1. The van der Waals surface area contributed by atoms with Gasteiger partial charge in [-0.1, -0.05) is 60.4 Å². The van der Waals surface area contributed by atoms with Crippen LogP contribution in [-0.4, -0.2) is 52.7 Å². The van der Waals surface area contributed by atoms with Crippen LogP contribution in [0.1, 0.15) is 24.0 Å². The summed E-state index contributed by atoms with van der Waals surface area (Å²) in [5.41, 5.74) is 3.16. The highest BCUT2D eigenvalue weighted by Gasteiger charge is 2.43. The lowest BCUT2D eigenvalue weighted by Crippen LogP contribution is -2.36. The predicted molar refractivity (Wildman–Crippen MR) is 136 cm³/mol. The molecule has 0 radical (unpaired) electrons. The summed E-state index contributed by atoms with van der Waals surface area (Å²) < 4.78 is 6.09. The molecule has 0 aliphatic carbocycles. The molecule has 3 heterocycles. The van der Waals surface area contributed by atoms with E-state index in [4.69, 9.17) is 17.0 Å². The van der Waals surface area contributed by atoms with E-state index in [-0.39, 0.29) is 30.4 Å². The molecule has 0 aromatic heterocycles. The number of rotatable bonds is 5. The normalized spacial score (nSPS) is 22.0. The molecule has 0 saturated carbocycles. The molecule has 3 aliphatic heterocycles. The maximum Gasteiger partial charge on any atom is 0.267 e. The molecule has 2 saturated heterocycles. The van der Waals surface area contributed by atoms with Gasteiger partial charge in [-0.3, -0.25) is 24.2 Å². The number of hydrogen-bond acceptors (Lipinski definition) is 6. The van der Waals surface area contributed by atoms with E-state index in [1.165, 1.54) is 9.80 Å². The number of thiocarbonyl (C=S) groups is 1. The van der Waals surface area contributed by atoms with E-state index in [0.29, 0.717) is 44.9 Å². The van der Waals surface area contributed by atoms with Crippen LogP contribution in [0, 0.1) is 6.92 Å². The first kappa shape index (κ1) is 22.8. The summed E-state index contributed by atoms with van der Waals surface area (Å²) in [4.78, 5) is 42.9. The smallest absolute Gasteiger partial charge is 0.267 e. The Labute approximate surface area is 207 Å². The molecule has 1 N–H and O–H groups in total. The first-order chi connectivity index (χ1) is 16.4. The molecule has 9 heteroatoms. The van der Waals surface area contributed by atoms with Crippen molar-refractivity contribution in [1.29, 1.82) is 0 Å². The maximum absolute atomic E-state index is 13.5. The van der Waals surface area contributed by atoms with Crippen LogP contribution < -0.4 is 10.2 Å². The van der Waals surface area contributed by atoms with Gasteiger partial charge in [-0.2, -0.15) is 0 Å². The molecule has 0 spiro atoms. The molecule has 34 heavy (non-hydrogen) atoms. The van der Waals surface area contributed by atoms with Crippen LogP contribution in [0.5, 0.6) is 0 Å². The quantitative estimate of drug-likeness (QED) is 0.505. The zero-order valence-electron chi connectivity index (χ0n) is 18.6. The molecule has 174 valence electrons. The van der Waals surface area contributed by atoms with E-state index < -0.39 is 0 Å². The maximum atomic E-state index is 13.5. The number of aryl methyl sites for hydroxylation is 1. The molecule has 1 atom stereocenters. The lowest BCUT2D eigenvalue weighted by molar-refractivity contribution is -0.123. The Morgan fingerprint density at radius 3 is 2.65 bits per heavy atom. The van der Waals surface area contributed by atoms with Gasteiger partial charge < -0.3 is 10.1 Å². The molecular weight excluding hydrogens is 470 g/mol. The molecule has 2 aromatic rings. The van der Waals surface area contributed by atoms with Gasteiger partial charge in [0, 0.05) is 17.9 Å². The Hall–Kier alpha value is -3.01. The van der Waals surface area contributed by atoms with Crippen molar-refractivity contribution in [3.63, 3.8) is 0 Å². The molecule has 2 fully saturated rings. The average Bonchev–Trinajstić information content (AvgIpc) is 3.50. The van der Waals surface area contributed by atoms with Crippen LogP contribution in [0.25, 0.3) is 5.57 Å². The number of amides is 3. The topological polar surface area (TPSA) is 79.0 Å². The fourth-order valence-corrected chi connectivity index (χ4v) is 5.75. The van der Waals surface area contributed by atoms with E-state index >= 15 is 0 Å². The summed E-state index contributed by atoms with van der Waals surface area (Å²) in [7, 11) is 0. The number of para-hydroxylation sites is 2. The third-order valence-corrected chi connectivity index (χ3v) is 7.58. The summed E-state index contributed by atoms with van der Waals surface area (Å²) in [5, 5.41) is 2.87. The Bertz CT molecular complexity index is 1240. The number of benzene rings is 2. The van der Waals surface area contributed by atoms with Crippen LogP contribution in [0.4, 0.5) is 11.4 Å². The number of hydrogen-bond donors (Lipinski definition) is 1. The number of nitrogens with zero attached hydrogens (tertiary/aromatic N) is 2. The number of anilines is 2. The molecule has 7 nitrogen and oxygen atoms in total. The standard InChI is InChI=1S/C25H23N3O4S2/c1-15-7-2-4-10-18(15)26-20(29)14-27-19-11-5-3-9-17(19)21(23(27)30)22-24(31)28(25(33)34-22)13-16-8-6-12-32-16/h2-5,7,9-11,16H,6,8,12-14H2,1H3,(H,26,29). The fraction of sp³-hybridized carbons (Fsp3) is 0.280. The molecule has 1 unspecified atom stereocenters. The highest BCUT2D eigenvalue weighted by molar-refractivity contribution is 8.26. The summed E-state index contributed by atoms with van der Waals surface area (Å²) in [5.74, 6) is -0.974. The monoisotopic (exact) mass is 493 g/mol. The molecule has 5 rings (SSSR count). The minimum atomic E-state index is -0.376. The molecule has 2 aromatic carbocycles. The number of nitrogens with one attached hydrogen (secondary N) is 1. The Morgan fingerprint density at radius 1 is 1.12 bits per heavy atom. The van der Waals surface area contributed by atoms with Gasteiger partial charge in [0.15, 0.2) is 0 Å². The lowest BCUT2D eigenvalue weighted by Gasteiger charge is -2.18. The summed E-state index contributed by atoms with van der Waals surface area (Å²) in [6.07, 6.45) is 1.81. The minimum absolute atomic E-state index is 0.0416. The van der Waals surface area contributed by atoms with Crippen molar-refractivity contribution in [3.05, 3.63) is 64.6 Å². The van der Waals surface area contributed by atoms with E-state index in [1.807, 2.05) is 43.3 Å². The second-order valence-corrected chi connectivity index (χ2v) is 10.0. The largest absolute Gasteiger partial charge is 0.376 e. The van der Waals surface area contributed by atoms with Crippen molar-refractivity contribution >= 4 is 63.0 Å². The number of thioether (sulfide) groups is 1. The van der Waals surface area contributed by atoms with Crippen molar-refractivity contribution in [2.24, 2.45) is 0 Å². The van der Waals surface area contributed by atoms with E-state index in [1.54, 1.807) is 12.1 Å². The van der Waals surface area contributed by atoms with Gasteiger partial charge in [-0.05, 0) is 37.5 Å². The van der Waals surface area contributed by atoms with Crippen LogP contribution in [-0.2, 0) is 19.1 Å². The first-order valence-corrected chi connectivity index (χ1v) is 12.3. The van der Waals surface area contributed by atoms with Gasteiger partial charge in [0.25, 0.3) is 11.8 Å². The van der Waals surface area contributed by atoms with E-state index in [0.717, 1.165) is 30.2 Å². The Morgan fingerprint density at radius 2 is 1.88 bits per heavy atom. The lowest BCUT2D eigenvalue weighted by atomic mass is 10.1. The van der Waals surface area contributed by atoms with E-state index in [9.17, 15) is 14.4 Å². The zero-order chi connectivity index (χ0) is 23.8. The number of ether oxygens (including phenoxy) is 1. The van der Waals surface area contributed by atoms with Crippen molar-refractivity contribution < 1.29 is 19.1 Å². The summed E-state index contributed by atoms with van der Waals surface area (Å²) >= 11 is 6.61. The van der Waals surface area contributed by atoms with Gasteiger partial charge in [0.05, 0.1) is 28.8 Å². The van der Waals surface area contributed by atoms with Crippen molar-refractivity contribution in [1.82, 2.24) is 4.90 Å². The van der Waals surface area contributed by atoms with Gasteiger partial charge >= 0.3 is 0 Å². The Balaban J connectivity index is 1.42. The third kappa shape index (κ3) is 4.15. The molecular formula is C25H23N3O4S2. The molecule has 0 bridgehead atoms. The second-order valence-electron chi connectivity index (χ2n) is 8.39. The highest BCUT2D eigenvalue weighted by atomic mass is 32.2. The fourth-order valence-electron chi connectivity index (χ4n) is 4.40. The number of carbonyl (C=O) groups is 3. The van der Waals surface area contributed by atoms with Crippen LogP contribution in [0.15, 0.2) is 53.4 Å². The SMILES string of the molecule is Cc1ccccc1NC(=O)CN1C(=O)C(=C2SC(=S)N(CC3CCCO3)C2=O)c2ccccc21. The van der Waals surface area contributed by atoms with Crippen molar-refractivity contribution in [3.8, 4) is 0 Å². The average molecular weight is 494 g/mol. The van der Waals surface area contributed by atoms with Gasteiger partial charge in [-0.15, -0.1) is 0 Å². The Kier molecular flexibility index (Phi) is 6.24.